The molecule has 2 heterocycles. The first-order valence-electron chi connectivity index (χ1n) is 9.18. The van der Waals surface area contributed by atoms with Gasteiger partial charge in [-0.15, -0.1) is 0 Å². The highest BCUT2D eigenvalue weighted by molar-refractivity contribution is 6.56. The molecule has 2 fully saturated rings. The van der Waals surface area contributed by atoms with Crippen molar-refractivity contribution in [1.82, 2.24) is 0 Å². The van der Waals surface area contributed by atoms with Crippen LogP contribution in [0, 0.1) is 0 Å². The Morgan fingerprint density at radius 3 is 2.27 bits per heavy atom. The van der Waals surface area contributed by atoms with Gasteiger partial charge in [-0.25, -0.2) is 0 Å². The van der Waals surface area contributed by atoms with Gasteiger partial charge in [-0.2, -0.15) is 0 Å². The lowest BCUT2D eigenvalue weighted by atomic mass is 9.38. The molecule has 2 bridgehead atoms. The summed E-state index contributed by atoms with van der Waals surface area (Å²) in [6, 6.07) is 10.4. The van der Waals surface area contributed by atoms with Gasteiger partial charge in [0.1, 0.15) is 6.29 Å². The first-order chi connectivity index (χ1) is 10.9. The molecule has 2 saturated heterocycles. The topological polar surface area (TPSA) is 18.5 Å². The van der Waals surface area contributed by atoms with Crippen LogP contribution >= 0.6 is 0 Å². The standard InChI is InChI=1S/C19H29BO2/c1-2-8-19(21-15-16-9-4-3-5-10-16)22-20-17-11-6-12-18(20)14-7-13-17/h3-5,9-10,17-19H,2,6-8,11-15H2,1H3. The van der Waals surface area contributed by atoms with E-state index in [4.69, 9.17) is 9.39 Å². The molecule has 120 valence electrons. The van der Waals surface area contributed by atoms with Gasteiger partial charge in [-0.3, -0.25) is 0 Å². The molecule has 3 heteroatoms. The van der Waals surface area contributed by atoms with Gasteiger partial charge in [0.25, 0.3) is 0 Å². The molecule has 1 aromatic carbocycles. The van der Waals surface area contributed by atoms with Crippen LogP contribution in [0.15, 0.2) is 30.3 Å². The minimum Gasteiger partial charge on any atom is -0.412 e. The quantitative estimate of drug-likeness (QED) is 0.492. The molecule has 0 aromatic heterocycles. The molecule has 0 N–H and O–H groups in total. The van der Waals surface area contributed by atoms with Crippen molar-refractivity contribution in [2.24, 2.45) is 0 Å². The number of hydrogen-bond donors (Lipinski definition) is 0. The van der Waals surface area contributed by atoms with Gasteiger partial charge >= 0.3 is 6.92 Å². The van der Waals surface area contributed by atoms with E-state index in [2.05, 4.69) is 31.2 Å². The van der Waals surface area contributed by atoms with Gasteiger partial charge in [-0.05, 0) is 23.6 Å². The molecule has 1 atom stereocenters. The molecule has 0 aliphatic carbocycles. The summed E-state index contributed by atoms with van der Waals surface area (Å²) < 4.78 is 12.6. The normalized spacial score (nSPS) is 26.0. The maximum absolute atomic E-state index is 6.50. The fourth-order valence-electron chi connectivity index (χ4n) is 4.20. The average molecular weight is 300 g/mol. The molecule has 3 rings (SSSR count). The van der Waals surface area contributed by atoms with E-state index in [9.17, 15) is 0 Å². The van der Waals surface area contributed by atoms with Gasteiger partial charge in [0.05, 0.1) is 6.61 Å². The lowest BCUT2D eigenvalue weighted by molar-refractivity contribution is -0.0999. The molecule has 1 aromatic rings. The highest BCUT2D eigenvalue weighted by Gasteiger charge is 2.42. The smallest absolute Gasteiger partial charge is 0.302 e. The third-order valence-corrected chi connectivity index (χ3v) is 5.34. The van der Waals surface area contributed by atoms with Crippen molar-refractivity contribution in [2.45, 2.75) is 82.8 Å². The molecular weight excluding hydrogens is 271 g/mol. The summed E-state index contributed by atoms with van der Waals surface area (Å²) in [5.41, 5.74) is 1.23. The van der Waals surface area contributed by atoms with Crippen molar-refractivity contribution in [3.8, 4) is 0 Å². The molecule has 2 aliphatic rings. The largest absolute Gasteiger partial charge is 0.412 e. The van der Waals surface area contributed by atoms with Crippen LogP contribution in [0.3, 0.4) is 0 Å². The van der Waals surface area contributed by atoms with E-state index >= 15 is 0 Å². The summed E-state index contributed by atoms with van der Waals surface area (Å²) in [5.74, 6) is 1.57. The van der Waals surface area contributed by atoms with Crippen LogP contribution in [0.25, 0.3) is 0 Å². The Hall–Kier alpha value is -0.795. The lowest BCUT2D eigenvalue weighted by Gasteiger charge is -2.41. The Balaban J connectivity index is 1.56. The predicted molar refractivity (Wildman–Crippen MR) is 92.0 cm³/mol. The van der Waals surface area contributed by atoms with Crippen LogP contribution in [-0.2, 0) is 16.0 Å². The van der Waals surface area contributed by atoms with Gasteiger partial charge < -0.3 is 9.39 Å². The summed E-state index contributed by atoms with van der Waals surface area (Å²) >= 11 is 0. The number of rotatable bonds is 7. The summed E-state index contributed by atoms with van der Waals surface area (Å²) in [5, 5.41) is 0. The van der Waals surface area contributed by atoms with E-state index in [0.717, 1.165) is 24.5 Å². The zero-order valence-corrected chi connectivity index (χ0v) is 13.9. The third-order valence-electron chi connectivity index (χ3n) is 5.34. The molecule has 1 unspecified atom stereocenters. The second-order valence-electron chi connectivity index (χ2n) is 7.00. The van der Waals surface area contributed by atoms with Crippen LogP contribution in [0.2, 0.25) is 11.6 Å². The Bertz CT molecular complexity index is 414. The van der Waals surface area contributed by atoms with Crippen LogP contribution in [0.1, 0.15) is 63.9 Å². The highest BCUT2D eigenvalue weighted by atomic mass is 16.7. The van der Waals surface area contributed by atoms with E-state index < -0.39 is 0 Å². The van der Waals surface area contributed by atoms with E-state index in [-0.39, 0.29) is 6.29 Å². The van der Waals surface area contributed by atoms with Gasteiger partial charge in [0.2, 0.25) is 0 Å². The maximum atomic E-state index is 6.50. The van der Waals surface area contributed by atoms with Gasteiger partial charge in [0, 0.05) is 0 Å². The minimum atomic E-state index is -0.0311. The first kappa shape index (κ1) is 16.1. The molecule has 2 nitrogen and oxygen atoms in total. The van der Waals surface area contributed by atoms with Crippen molar-refractivity contribution in [1.29, 1.82) is 0 Å². The Morgan fingerprint density at radius 2 is 1.68 bits per heavy atom. The second-order valence-corrected chi connectivity index (χ2v) is 7.00. The van der Waals surface area contributed by atoms with Crippen molar-refractivity contribution < 1.29 is 9.39 Å². The van der Waals surface area contributed by atoms with Crippen molar-refractivity contribution in [3.05, 3.63) is 35.9 Å². The van der Waals surface area contributed by atoms with E-state index in [1.807, 2.05) is 6.07 Å². The molecule has 0 amide bonds. The number of fused-ring (bicyclic) bond motifs is 2. The zero-order chi connectivity index (χ0) is 15.2. The van der Waals surface area contributed by atoms with E-state index in [0.29, 0.717) is 13.5 Å². The van der Waals surface area contributed by atoms with Crippen molar-refractivity contribution in [2.75, 3.05) is 0 Å². The second kappa shape index (κ2) is 8.17. The maximum Gasteiger partial charge on any atom is 0.302 e. The van der Waals surface area contributed by atoms with E-state index in [1.54, 1.807) is 0 Å². The number of benzene rings is 1. The van der Waals surface area contributed by atoms with Crippen LogP contribution in [0.5, 0.6) is 0 Å². The summed E-state index contributed by atoms with van der Waals surface area (Å²) in [7, 11) is 0. The van der Waals surface area contributed by atoms with Crippen LogP contribution < -0.4 is 0 Å². The van der Waals surface area contributed by atoms with Gasteiger partial charge in [-0.1, -0.05) is 82.2 Å². The van der Waals surface area contributed by atoms with E-state index in [1.165, 1.54) is 44.1 Å². The molecule has 0 saturated carbocycles. The van der Waals surface area contributed by atoms with Crippen molar-refractivity contribution in [3.63, 3.8) is 0 Å². The van der Waals surface area contributed by atoms with Crippen LogP contribution in [0.4, 0.5) is 0 Å². The fraction of sp³-hybridized carbons (Fsp3) is 0.684. The monoisotopic (exact) mass is 300 g/mol. The first-order valence-corrected chi connectivity index (χ1v) is 9.18. The molecular formula is C19H29BO2. The number of hydrogen-bond acceptors (Lipinski definition) is 2. The lowest BCUT2D eigenvalue weighted by Crippen LogP contribution is -2.40. The summed E-state index contributed by atoms with van der Waals surface area (Å²) in [6.45, 7) is 3.33. The highest BCUT2D eigenvalue weighted by Crippen LogP contribution is 2.47. The summed E-state index contributed by atoms with van der Waals surface area (Å²) in [4.78, 5) is 0. The molecule has 2 aliphatic heterocycles. The molecule has 22 heavy (non-hydrogen) atoms. The van der Waals surface area contributed by atoms with Gasteiger partial charge in [0.15, 0.2) is 0 Å². The summed E-state index contributed by atoms with van der Waals surface area (Å²) in [6.07, 6.45) is 10.3. The Kier molecular flexibility index (Phi) is 5.97. The SMILES string of the molecule is CCCC(OCc1ccccc1)OB1C2CCCC1CCC2. The van der Waals surface area contributed by atoms with Crippen molar-refractivity contribution >= 4 is 6.92 Å². The molecule has 0 radical (unpaired) electrons. The Labute approximate surface area is 135 Å². The fourth-order valence-corrected chi connectivity index (χ4v) is 4.20. The molecule has 0 spiro atoms. The van der Waals surface area contributed by atoms with Crippen LogP contribution in [-0.4, -0.2) is 13.2 Å². The predicted octanol–water partition coefficient (Wildman–Crippen LogP) is 5.45. The zero-order valence-electron chi connectivity index (χ0n) is 13.9. The number of ether oxygens (including phenoxy) is 1. The minimum absolute atomic E-state index is 0.0311. The Morgan fingerprint density at radius 1 is 1.05 bits per heavy atom. The average Bonchev–Trinajstić information content (AvgIpc) is 2.53. The third kappa shape index (κ3) is 4.14.